The minimum Gasteiger partial charge on any atom is -0.478 e. The van der Waals surface area contributed by atoms with Crippen molar-refractivity contribution in [3.05, 3.63) is 59.7 Å². The summed E-state index contributed by atoms with van der Waals surface area (Å²) in [4.78, 5) is 27.0. The lowest BCUT2D eigenvalue weighted by molar-refractivity contribution is 0.0696. The maximum atomic E-state index is 14.1. The first-order valence-electron chi connectivity index (χ1n) is 8.29. The minimum absolute atomic E-state index is 0.103. The van der Waals surface area contributed by atoms with E-state index in [2.05, 4.69) is 4.98 Å². The van der Waals surface area contributed by atoms with Crippen molar-refractivity contribution in [2.24, 2.45) is 5.92 Å². The van der Waals surface area contributed by atoms with E-state index >= 15 is 0 Å². The van der Waals surface area contributed by atoms with Crippen molar-refractivity contribution >= 4 is 21.8 Å². The highest BCUT2D eigenvalue weighted by atomic mass is 32.2. The second kappa shape index (κ2) is 7.53. The van der Waals surface area contributed by atoms with Gasteiger partial charge >= 0.3 is 5.97 Å². The molecule has 1 aromatic heterocycles. The number of aromatic nitrogens is 1. The van der Waals surface area contributed by atoms with Crippen molar-refractivity contribution in [1.82, 2.24) is 9.29 Å². The molecule has 0 spiro atoms. The molecule has 0 saturated carbocycles. The van der Waals surface area contributed by atoms with E-state index in [1.807, 2.05) is 0 Å². The summed E-state index contributed by atoms with van der Waals surface area (Å²) >= 11 is 0. The largest absolute Gasteiger partial charge is 0.478 e. The third kappa shape index (κ3) is 3.88. The highest BCUT2D eigenvalue weighted by molar-refractivity contribution is 7.89. The molecule has 27 heavy (non-hydrogen) atoms. The van der Waals surface area contributed by atoms with Crippen LogP contribution in [0.2, 0.25) is 0 Å². The van der Waals surface area contributed by atoms with Gasteiger partial charge in [0, 0.05) is 25.2 Å². The highest BCUT2D eigenvalue weighted by Gasteiger charge is 2.35. The van der Waals surface area contributed by atoms with Crippen LogP contribution in [-0.4, -0.2) is 47.7 Å². The van der Waals surface area contributed by atoms with Crippen molar-refractivity contribution in [2.75, 3.05) is 13.1 Å². The molecule has 1 unspecified atom stereocenters. The van der Waals surface area contributed by atoms with Crippen LogP contribution in [0.15, 0.2) is 47.5 Å². The van der Waals surface area contributed by atoms with E-state index in [4.69, 9.17) is 5.11 Å². The van der Waals surface area contributed by atoms with Gasteiger partial charge in [-0.3, -0.25) is 9.78 Å². The lowest BCUT2D eigenvalue weighted by Crippen LogP contribution is -2.42. The molecule has 142 valence electrons. The van der Waals surface area contributed by atoms with Crippen LogP contribution in [0, 0.1) is 11.7 Å². The molecule has 1 aliphatic heterocycles. The summed E-state index contributed by atoms with van der Waals surface area (Å²) in [7, 11) is -4.27. The summed E-state index contributed by atoms with van der Waals surface area (Å²) in [6.45, 7) is 0.0273. The lowest BCUT2D eigenvalue weighted by atomic mass is 9.93. The van der Waals surface area contributed by atoms with Gasteiger partial charge in [-0.1, -0.05) is 6.07 Å². The van der Waals surface area contributed by atoms with E-state index in [0.29, 0.717) is 12.8 Å². The van der Waals surface area contributed by atoms with Crippen LogP contribution in [0.25, 0.3) is 0 Å². The zero-order valence-electron chi connectivity index (χ0n) is 14.2. The van der Waals surface area contributed by atoms with Gasteiger partial charge in [0.15, 0.2) is 5.78 Å². The molecule has 0 bridgehead atoms. The van der Waals surface area contributed by atoms with Gasteiger partial charge in [-0.25, -0.2) is 17.6 Å². The number of sulfonamides is 1. The summed E-state index contributed by atoms with van der Waals surface area (Å²) in [5.74, 6) is -3.24. The number of aromatic carboxylic acids is 1. The van der Waals surface area contributed by atoms with E-state index in [0.717, 1.165) is 22.5 Å². The van der Waals surface area contributed by atoms with Crippen molar-refractivity contribution < 1.29 is 27.5 Å². The van der Waals surface area contributed by atoms with Crippen LogP contribution in [0.4, 0.5) is 4.39 Å². The summed E-state index contributed by atoms with van der Waals surface area (Å²) < 4.78 is 40.9. The van der Waals surface area contributed by atoms with E-state index < -0.39 is 32.6 Å². The molecule has 2 heterocycles. The predicted molar refractivity (Wildman–Crippen MR) is 93.4 cm³/mol. The average molecular weight is 392 g/mol. The molecule has 9 heteroatoms. The minimum atomic E-state index is -4.27. The molecule has 1 aliphatic rings. The van der Waals surface area contributed by atoms with Crippen molar-refractivity contribution in [1.29, 1.82) is 0 Å². The Balaban J connectivity index is 1.88. The fourth-order valence-corrected chi connectivity index (χ4v) is 4.68. The Labute approximate surface area is 155 Å². The molecular formula is C18H17FN2O5S. The Bertz CT molecular complexity index is 979. The van der Waals surface area contributed by atoms with Gasteiger partial charge in [-0.05, 0) is 43.2 Å². The predicted octanol–water partition coefficient (Wildman–Crippen LogP) is 2.20. The smallest absolute Gasteiger partial charge is 0.335 e. The average Bonchev–Trinajstić information content (AvgIpc) is 2.68. The quantitative estimate of drug-likeness (QED) is 0.782. The maximum absolute atomic E-state index is 14.1. The molecule has 1 fully saturated rings. The number of hydrogen-bond donors (Lipinski definition) is 1. The first kappa shape index (κ1) is 19.1. The van der Waals surface area contributed by atoms with Crippen LogP contribution >= 0.6 is 0 Å². The Kier molecular flexibility index (Phi) is 5.33. The molecule has 0 aliphatic carbocycles. The van der Waals surface area contributed by atoms with Crippen molar-refractivity contribution in [2.45, 2.75) is 17.7 Å². The number of carbonyl (C=O) groups excluding carboxylic acids is 1. The van der Waals surface area contributed by atoms with E-state index in [1.54, 1.807) is 18.2 Å². The maximum Gasteiger partial charge on any atom is 0.335 e. The number of hydrogen-bond acceptors (Lipinski definition) is 5. The summed E-state index contributed by atoms with van der Waals surface area (Å²) in [6.07, 6.45) is 2.42. The molecule has 0 radical (unpaired) electrons. The van der Waals surface area contributed by atoms with Gasteiger partial charge in [0.1, 0.15) is 16.4 Å². The number of nitrogens with zero attached hydrogens (tertiary/aromatic N) is 2. The Morgan fingerprint density at radius 1 is 1.22 bits per heavy atom. The molecule has 1 N–H and O–H groups in total. The van der Waals surface area contributed by atoms with Crippen LogP contribution in [0.1, 0.15) is 33.7 Å². The van der Waals surface area contributed by atoms with Crippen molar-refractivity contribution in [3.63, 3.8) is 0 Å². The summed E-state index contributed by atoms with van der Waals surface area (Å²) in [5, 5.41) is 9.03. The van der Waals surface area contributed by atoms with E-state index in [1.165, 1.54) is 6.20 Å². The van der Waals surface area contributed by atoms with Gasteiger partial charge < -0.3 is 5.11 Å². The Morgan fingerprint density at radius 3 is 2.67 bits per heavy atom. The highest BCUT2D eigenvalue weighted by Crippen LogP contribution is 2.27. The number of pyridine rings is 1. The first-order valence-corrected chi connectivity index (χ1v) is 9.73. The normalized spacial score (nSPS) is 18.2. The molecule has 1 saturated heterocycles. The van der Waals surface area contributed by atoms with Gasteiger partial charge in [-0.15, -0.1) is 0 Å². The molecule has 1 aromatic carbocycles. The molecule has 2 aromatic rings. The van der Waals surface area contributed by atoms with E-state index in [9.17, 15) is 22.4 Å². The molecule has 1 atom stereocenters. The molecule has 7 nitrogen and oxygen atoms in total. The van der Waals surface area contributed by atoms with Crippen LogP contribution in [-0.2, 0) is 10.0 Å². The Hall–Kier alpha value is -2.65. The van der Waals surface area contributed by atoms with Gasteiger partial charge in [0.25, 0.3) is 0 Å². The number of rotatable bonds is 5. The number of benzene rings is 1. The van der Waals surface area contributed by atoms with Crippen LogP contribution in [0.5, 0.6) is 0 Å². The van der Waals surface area contributed by atoms with Gasteiger partial charge in [0.2, 0.25) is 10.0 Å². The second-order valence-electron chi connectivity index (χ2n) is 6.23. The number of piperidine rings is 1. The number of halogens is 1. The fourth-order valence-electron chi connectivity index (χ4n) is 3.07. The zero-order valence-corrected chi connectivity index (χ0v) is 15.0. The first-order chi connectivity index (χ1) is 12.8. The fraction of sp³-hybridized carbons (Fsp3) is 0.278. The SMILES string of the molecule is O=C(O)c1ccc(F)c(S(=O)(=O)N2CCCC(C(=O)c3ccccn3)C2)c1. The number of ketones is 1. The number of carboxylic acid groups (broad SMARTS) is 1. The molecular weight excluding hydrogens is 375 g/mol. The summed E-state index contributed by atoms with van der Waals surface area (Å²) in [5.41, 5.74) is -0.0751. The third-order valence-electron chi connectivity index (χ3n) is 4.47. The van der Waals surface area contributed by atoms with Crippen LogP contribution < -0.4 is 0 Å². The third-order valence-corrected chi connectivity index (χ3v) is 6.35. The zero-order chi connectivity index (χ0) is 19.6. The van der Waals surface area contributed by atoms with E-state index in [-0.39, 0.29) is 30.1 Å². The standard InChI is InChI=1S/C18H17FN2O5S/c19-14-7-6-12(18(23)24)10-16(14)27(25,26)21-9-3-4-13(11-21)17(22)15-5-1-2-8-20-15/h1-2,5-8,10,13H,3-4,9,11H2,(H,23,24). The monoisotopic (exact) mass is 392 g/mol. The number of carboxylic acids is 1. The second-order valence-corrected chi connectivity index (χ2v) is 8.14. The molecule has 0 amide bonds. The topological polar surface area (TPSA) is 105 Å². The van der Waals surface area contributed by atoms with Crippen LogP contribution in [0.3, 0.4) is 0 Å². The molecule has 3 rings (SSSR count). The number of carbonyl (C=O) groups is 2. The van der Waals surface area contributed by atoms with Gasteiger partial charge in [-0.2, -0.15) is 4.31 Å². The Morgan fingerprint density at radius 2 is 2.00 bits per heavy atom. The summed E-state index contributed by atoms with van der Waals surface area (Å²) in [6, 6.07) is 7.52. The number of Topliss-reactive ketones (excluding diaryl/α,β-unsaturated/α-hetero) is 1. The lowest BCUT2D eigenvalue weighted by Gasteiger charge is -2.31. The van der Waals surface area contributed by atoms with Gasteiger partial charge in [0.05, 0.1) is 5.56 Å². The van der Waals surface area contributed by atoms with Crippen molar-refractivity contribution in [3.8, 4) is 0 Å².